The first-order valence-electron chi connectivity index (χ1n) is 12.2. The molecule has 0 bridgehead atoms. The number of rotatable bonds is 6. The van der Waals surface area contributed by atoms with Crippen molar-refractivity contribution in [1.29, 1.82) is 0 Å². The molecule has 0 radical (unpaired) electrons. The van der Waals surface area contributed by atoms with Crippen molar-refractivity contribution in [2.24, 2.45) is 5.41 Å². The van der Waals surface area contributed by atoms with E-state index in [0.29, 0.717) is 12.0 Å². The van der Waals surface area contributed by atoms with Gasteiger partial charge in [-0.25, -0.2) is 4.79 Å². The molecule has 2 aliphatic rings. The van der Waals surface area contributed by atoms with Crippen LogP contribution in [0, 0.1) is 15.5 Å². The highest BCUT2D eigenvalue weighted by atomic mass is 35.5. The van der Waals surface area contributed by atoms with Gasteiger partial charge >= 0.3 is 5.97 Å². The molecule has 4 rings (SSSR count). The number of carbonyl (C=O) groups excluding carboxylic acids is 1. The van der Waals surface area contributed by atoms with Crippen LogP contribution in [0.4, 0.5) is 5.69 Å². The van der Waals surface area contributed by atoms with Gasteiger partial charge in [-0.15, -0.1) is 24.8 Å². The van der Waals surface area contributed by atoms with Gasteiger partial charge in [0.1, 0.15) is 5.60 Å². The number of nitrogens with zero attached hydrogens (tertiary/aromatic N) is 3. The summed E-state index contributed by atoms with van der Waals surface area (Å²) in [7, 11) is 2.15. The van der Waals surface area contributed by atoms with Crippen LogP contribution in [0.25, 0.3) is 0 Å². The van der Waals surface area contributed by atoms with Crippen LogP contribution in [0.15, 0.2) is 54.6 Å². The smallest absolute Gasteiger partial charge is 0.339 e. The van der Waals surface area contributed by atoms with E-state index in [-0.39, 0.29) is 42.0 Å². The van der Waals surface area contributed by atoms with E-state index in [1.165, 1.54) is 43.5 Å². The number of ether oxygens (including phenoxy) is 1. The van der Waals surface area contributed by atoms with Crippen molar-refractivity contribution in [3.8, 4) is 0 Å². The summed E-state index contributed by atoms with van der Waals surface area (Å²) < 4.78 is 6.57. The molecule has 9 heteroatoms. The van der Waals surface area contributed by atoms with E-state index >= 15 is 0 Å². The minimum atomic E-state index is -0.823. The van der Waals surface area contributed by atoms with Crippen molar-refractivity contribution in [2.75, 3.05) is 33.2 Å². The number of nitro benzene ring substituents is 1. The van der Waals surface area contributed by atoms with Gasteiger partial charge in [-0.2, -0.15) is 0 Å². The van der Waals surface area contributed by atoms with Crippen LogP contribution in [0.1, 0.15) is 55.5 Å². The Balaban J connectivity index is 0.00000228. The molecule has 198 valence electrons. The molecule has 0 saturated carbocycles. The molecule has 0 spiro atoms. The number of hydrogen-bond donors (Lipinski definition) is 0. The van der Waals surface area contributed by atoms with E-state index in [1.54, 1.807) is 0 Å². The van der Waals surface area contributed by atoms with Crippen molar-refractivity contribution in [1.82, 2.24) is 9.80 Å². The maximum Gasteiger partial charge on any atom is 0.339 e. The zero-order chi connectivity index (χ0) is 24.3. The maximum atomic E-state index is 13.5. The number of hydrogen-bond acceptors (Lipinski definition) is 6. The van der Waals surface area contributed by atoms with Crippen LogP contribution in [0.3, 0.4) is 0 Å². The average molecular weight is 539 g/mol. The Bertz CT molecular complexity index is 1020. The fraction of sp³-hybridized carbons (Fsp3) is 0.519. The highest BCUT2D eigenvalue weighted by Crippen LogP contribution is 2.51. The lowest BCUT2D eigenvalue weighted by atomic mass is 9.63. The first-order chi connectivity index (χ1) is 16.2. The van der Waals surface area contributed by atoms with Gasteiger partial charge in [0.25, 0.3) is 5.69 Å². The quantitative estimate of drug-likeness (QED) is 0.267. The van der Waals surface area contributed by atoms with Gasteiger partial charge in [0, 0.05) is 43.1 Å². The molecule has 0 aromatic heterocycles. The monoisotopic (exact) mass is 537 g/mol. The van der Waals surface area contributed by atoms with Crippen molar-refractivity contribution < 1.29 is 14.5 Å². The molecule has 2 heterocycles. The Morgan fingerprint density at radius 3 is 2.25 bits per heavy atom. The third-order valence-electron chi connectivity index (χ3n) is 7.75. The topological polar surface area (TPSA) is 75.9 Å². The fourth-order valence-corrected chi connectivity index (χ4v) is 5.77. The molecular weight excluding hydrogens is 501 g/mol. The summed E-state index contributed by atoms with van der Waals surface area (Å²) in [5, 5.41) is 11.1. The molecule has 36 heavy (non-hydrogen) atoms. The van der Waals surface area contributed by atoms with Crippen LogP contribution >= 0.6 is 24.8 Å². The van der Waals surface area contributed by atoms with E-state index in [9.17, 15) is 14.9 Å². The van der Waals surface area contributed by atoms with Crippen molar-refractivity contribution in [2.45, 2.75) is 51.2 Å². The Morgan fingerprint density at radius 1 is 1.06 bits per heavy atom. The van der Waals surface area contributed by atoms with E-state index in [2.05, 4.69) is 42.8 Å². The van der Waals surface area contributed by atoms with Crippen LogP contribution < -0.4 is 0 Å². The fourth-order valence-electron chi connectivity index (χ4n) is 5.77. The Hall–Kier alpha value is -2.19. The molecule has 2 aromatic rings. The number of carbonyl (C=O) groups is 1. The third-order valence-corrected chi connectivity index (χ3v) is 7.75. The van der Waals surface area contributed by atoms with Gasteiger partial charge in [-0.1, -0.05) is 43.7 Å². The SMILES string of the molecule is CC1CC(OC(=O)c2ccc([N+](=O)[O-])cc2)(c2ccccc2)C(C)(CN2CCCCC2)CN1C.Cl.Cl. The molecule has 0 amide bonds. The van der Waals surface area contributed by atoms with Crippen LogP contribution in [-0.2, 0) is 10.3 Å². The van der Waals surface area contributed by atoms with Gasteiger partial charge < -0.3 is 14.5 Å². The molecule has 2 fully saturated rings. The largest absolute Gasteiger partial charge is 0.450 e. The maximum absolute atomic E-state index is 13.5. The summed E-state index contributed by atoms with van der Waals surface area (Å²) in [6.45, 7) is 8.20. The lowest BCUT2D eigenvalue weighted by Crippen LogP contribution is -2.64. The number of esters is 1. The van der Waals surface area contributed by atoms with E-state index in [0.717, 1.165) is 31.7 Å². The summed E-state index contributed by atoms with van der Waals surface area (Å²) in [4.78, 5) is 29.0. The highest BCUT2D eigenvalue weighted by molar-refractivity contribution is 5.90. The number of non-ortho nitro benzene ring substituents is 1. The van der Waals surface area contributed by atoms with Gasteiger partial charge in [-0.05, 0) is 57.6 Å². The average Bonchev–Trinajstić information content (AvgIpc) is 2.83. The van der Waals surface area contributed by atoms with Crippen molar-refractivity contribution in [3.63, 3.8) is 0 Å². The molecule has 2 saturated heterocycles. The van der Waals surface area contributed by atoms with E-state index < -0.39 is 16.5 Å². The number of piperidine rings is 2. The van der Waals surface area contributed by atoms with Crippen LogP contribution in [0.2, 0.25) is 0 Å². The van der Waals surface area contributed by atoms with Crippen LogP contribution in [-0.4, -0.2) is 60.0 Å². The normalized spacial score (nSPS) is 26.8. The predicted molar refractivity (Wildman–Crippen MR) is 146 cm³/mol. The zero-order valence-electron chi connectivity index (χ0n) is 21.2. The first-order valence-corrected chi connectivity index (χ1v) is 12.2. The molecule has 2 aromatic carbocycles. The minimum absolute atomic E-state index is 0. The second-order valence-electron chi connectivity index (χ2n) is 10.3. The number of likely N-dealkylation sites (tertiary alicyclic amines) is 2. The second kappa shape index (κ2) is 12.4. The van der Waals surface area contributed by atoms with Crippen molar-refractivity contribution >= 4 is 36.5 Å². The Labute approximate surface area is 226 Å². The highest BCUT2D eigenvalue weighted by Gasteiger charge is 2.57. The number of halogens is 2. The lowest BCUT2D eigenvalue weighted by Gasteiger charge is -2.57. The Kier molecular flexibility index (Phi) is 10.3. The molecule has 0 aliphatic carbocycles. The summed E-state index contributed by atoms with van der Waals surface area (Å²) in [5.41, 5.74) is 0.120. The summed E-state index contributed by atoms with van der Waals surface area (Å²) in [6.07, 6.45) is 4.34. The zero-order valence-corrected chi connectivity index (χ0v) is 22.9. The molecule has 3 unspecified atom stereocenters. The van der Waals surface area contributed by atoms with Crippen molar-refractivity contribution in [3.05, 3.63) is 75.8 Å². The number of nitro groups is 1. The second-order valence-corrected chi connectivity index (χ2v) is 10.3. The van der Waals surface area contributed by atoms with Gasteiger partial charge in [0.05, 0.1) is 10.5 Å². The minimum Gasteiger partial charge on any atom is -0.450 e. The van der Waals surface area contributed by atoms with E-state index in [4.69, 9.17) is 4.74 Å². The van der Waals surface area contributed by atoms with Crippen LogP contribution in [0.5, 0.6) is 0 Å². The van der Waals surface area contributed by atoms with E-state index in [1.807, 2.05) is 18.2 Å². The molecule has 3 atom stereocenters. The first kappa shape index (κ1) is 30.0. The predicted octanol–water partition coefficient (Wildman–Crippen LogP) is 5.71. The molecule has 2 aliphatic heterocycles. The summed E-state index contributed by atoms with van der Waals surface area (Å²) in [5.74, 6) is -0.444. The standard InChI is InChI=1S/C27H35N3O4.2ClH/c1-21-18-27(23-10-6-4-7-11-23,34-25(31)22-12-14-24(15-13-22)30(32)33)26(2,19-28(21)3)20-29-16-8-5-9-17-29;;/h4,6-7,10-15,21H,5,8-9,16-20H2,1-3H3;2*1H. The molecule has 0 N–H and O–H groups in total. The Morgan fingerprint density at radius 2 is 1.67 bits per heavy atom. The molecule has 7 nitrogen and oxygen atoms in total. The lowest BCUT2D eigenvalue weighted by molar-refractivity contribution is -0.384. The van der Waals surface area contributed by atoms with Gasteiger partial charge in [-0.3, -0.25) is 10.1 Å². The third kappa shape index (κ3) is 6.02. The summed E-state index contributed by atoms with van der Waals surface area (Å²) in [6, 6.07) is 16.0. The van der Waals surface area contributed by atoms with Gasteiger partial charge in [0.2, 0.25) is 0 Å². The summed E-state index contributed by atoms with van der Waals surface area (Å²) >= 11 is 0. The molecular formula is C27H37Cl2N3O4. The number of benzene rings is 2. The van der Waals surface area contributed by atoms with Gasteiger partial charge in [0.15, 0.2) is 0 Å².